The van der Waals surface area contributed by atoms with Gasteiger partial charge in [-0.25, -0.2) is 9.97 Å². The average Bonchev–Trinajstić information content (AvgIpc) is 2.84. The summed E-state index contributed by atoms with van der Waals surface area (Å²) >= 11 is 3.24. The minimum atomic E-state index is -0.480. The van der Waals surface area contributed by atoms with Crippen molar-refractivity contribution in [3.8, 4) is 0 Å². The van der Waals surface area contributed by atoms with Crippen molar-refractivity contribution < 1.29 is 4.92 Å². The fourth-order valence-electron chi connectivity index (χ4n) is 1.39. The minimum Gasteiger partial charge on any atom is -0.369 e. The topological polar surface area (TPSA) is 96.7 Å². The smallest absolute Gasteiger partial charge is 0.288 e. The van der Waals surface area contributed by atoms with E-state index >= 15 is 0 Å². The Morgan fingerprint density at radius 3 is 2.94 bits per heavy atom. The fraction of sp³-hybridized carbons (Fsp3) is 0.200. The highest BCUT2D eigenvalue weighted by molar-refractivity contribution is 9.10. The Morgan fingerprint density at radius 1 is 1.50 bits per heavy atom. The summed E-state index contributed by atoms with van der Waals surface area (Å²) in [7, 11) is 0. The summed E-state index contributed by atoms with van der Waals surface area (Å²) in [6, 6.07) is 1.42. The maximum absolute atomic E-state index is 10.5. The molecule has 0 aliphatic carbocycles. The lowest BCUT2D eigenvalue weighted by atomic mass is 10.3. The number of pyridine rings is 1. The number of imidazole rings is 1. The van der Waals surface area contributed by atoms with Crippen molar-refractivity contribution in [2.24, 2.45) is 0 Å². The Bertz CT molecular complexity index is 543. The summed E-state index contributed by atoms with van der Waals surface area (Å²) in [6.07, 6.45) is 5.36. The van der Waals surface area contributed by atoms with Crippen LogP contribution in [0.1, 0.15) is 5.69 Å². The Balaban J connectivity index is 1.95. The normalized spacial score (nSPS) is 10.3. The molecule has 18 heavy (non-hydrogen) atoms. The van der Waals surface area contributed by atoms with Crippen LogP contribution in [0.4, 0.5) is 11.5 Å². The molecule has 0 amide bonds. The van der Waals surface area contributed by atoms with Gasteiger partial charge >= 0.3 is 0 Å². The summed E-state index contributed by atoms with van der Waals surface area (Å²) in [4.78, 5) is 21.0. The van der Waals surface area contributed by atoms with Gasteiger partial charge in [0.25, 0.3) is 5.69 Å². The van der Waals surface area contributed by atoms with Crippen molar-refractivity contribution in [2.75, 3.05) is 11.9 Å². The van der Waals surface area contributed by atoms with E-state index in [1.54, 1.807) is 12.5 Å². The third-order valence-electron chi connectivity index (χ3n) is 2.28. The Kier molecular flexibility index (Phi) is 3.88. The van der Waals surface area contributed by atoms with Crippen LogP contribution in [-0.2, 0) is 6.42 Å². The molecule has 0 bridgehead atoms. The van der Waals surface area contributed by atoms with Crippen LogP contribution in [-0.4, -0.2) is 26.4 Å². The quantitative estimate of drug-likeness (QED) is 0.651. The first-order valence-electron chi connectivity index (χ1n) is 5.18. The molecule has 2 aromatic heterocycles. The second kappa shape index (κ2) is 5.58. The van der Waals surface area contributed by atoms with Crippen molar-refractivity contribution in [1.29, 1.82) is 0 Å². The number of aromatic amines is 1. The molecule has 7 nitrogen and oxygen atoms in total. The van der Waals surface area contributed by atoms with Gasteiger partial charge in [0.1, 0.15) is 12.0 Å². The predicted octanol–water partition coefficient (Wildman–Crippen LogP) is 2.13. The summed E-state index contributed by atoms with van der Waals surface area (Å²) in [6.45, 7) is 0.658. The lowest BCUT2D eigenvalue weighted by Crippen LogP contribution is -2.07. The van der Waals surface area contributed by atoms with E-state index in [-0.39, 0.29) is 5.69 Å². The van der Waals surface area contributed by atoms with Crippen molar-refractivity contribution in [1.82, 2.24) is 15.0 Å². The lowest BCUT2D eigenvalue weighted by Gasteiger charge is -2.06. The zero-order valence-corrected chi connectivity index (χ0v) is 10.8. The maximum Gasteiger partial charge on any atom is 0.288 e. The van der Waals surface area contributed by atoms with Gasteiger partial charge in [0, 0.05) is 30.9 Å². The number of halogens is 1. The number of anilines is 1. The molecule has 0 radical (unpaired) electrons. The zero-order valence-electron chi connectivity index (χ0n) is 9.26. The molecule has 2 rings (SSSR count). The van der Waals surface area contributed by atoms with Crippen molar-refractivity contribution >= 4 is 27.4 Å². The third kappa shape index (κ3) is 3.04. The Hall–Kier alpha value is -1.96. The summed E-state index contributed by atoms with van der Waals surface area (Å²) in [5.41, 5.74) is 0.974. The number of rotatable bonds is 5. The van der Waals surface area contributed by atoms with E-state index in [2.05, 4.69) is 36.2 Å². The van der Waals surface area contributed by atoms with Gasteiger partial charge in [-0.15, -0.1) is 0 Å². The Labute approximate surface area is 111 Å². The number of aromatic nitrogens is 3. The van der Waals surface area contributed by atoms with Gasteiger partial charge in [0.15, 0.2) is 0 Å². The largest absolute Gasteiger partial charge is 0.369 e. The fourth-order valence-corrected chi connectivity index (χ4v) is 1.87. The molecule has 94 valence electrons. The molecule has 0 spiro atoms. The first kappa shape index (κ1) is 12.5. The van der Waals surface area contributed by atoms with Crippen LogP contribution >= 0.6 is 15.9 Å². The number of H-pyrrole nitrogens is 1. The molecule has 0 unspecified atom stereocenters. The van der Waals surface area contributed by atoms with Crippen LogP contribution in [0, 0.1) is 10.1 Å². The number of hydrogen-bond donors (Lipinski definition) is 2. The highest BCUT2D eigenvalue weighted by atomic mass is 79.9. The standard InChI is InChI=1S/C10H10BrN5O2/c11-9-3-8(16(17)18)5-14-10(9)13-2-1-7-4-12-6-15-7/h3-6H,1-2H2,(H,12,15)(H,13,14). The predicted molar refractivity (Wildman–Crippen MR) is 69.4 cm³/mol. The van der Waals surface area contributed by atoms with Crippen LogP contribution in [0.3, 0.4) is 0 Å². The molecule has 2 N–H and O–H groups in total. The van der Waals surface area contributed by atoms with E-state index in [9.17, 15) is 10.1 Å². The van der Waals surface area contributed by atoms with E-state index in [4.69, 9.17) is 0 Å². The Morgan fingerprint density at radius 2 is 2.33 bits per heavy atom. The second-order valence-corrected chi connectivity index (χ2v) is 4.39. The van der Waals surface area contributed by atoms with Gasteiger partial charge in [0.2, 0.25) is 0 Å². The number of nitrogens with zero attached hydrogens (tertiary/aromatic N) is 3. The average molecular weight is 312 g/mol. The van der Waals surface area contributed by atoms with Crippen molar-refractivity contribution in [3.05, 3.63) is 45.1 Å². The summed E-state index contributed by atoms with van der Waals surface area (Å²) in [5.74, 6) is 0.583. The van der Waals surface area contributed by atoms with Gasteiger partial charge in [-0.05, 0) is 15.9 Å². The molecule has 0 aliphatic heterocycles. The van der Waals surface area contributed by atoms with Crippen LogP contribution in [0.5, 0.6) is 0 Å². The molecule has 0 saturated heterocycles. The summed E-state index contributed by atoms with van der Waals surface area (Å²) in [5, 5.41) is 13.6. The van der Waals surface area contributed by atoms with Gasteiger partial charge in [0.05, 0.1) is 15.7 Å². The molecule has 0 aliphatic rings. The van der Waals surface area contributed by atoms with Crippen LogP contribution in [0.25, 0.3) is 0 Å². The second-order valence-electron chi connectivity index (χ2n) is 3.53. The minimum absolute atomic E-state index is 0.0407. The molecule has 8 heteroatoms. The van der Waals surface area contributed by atoms with Gasteiger partial charge in [-0.1, -0.05) is 0 Å². The molecular formula is C10H10BrN5O2. The highest BCUT2D eigenvalue weighted by Gasteiger charge is 2.10. The molecule has 0 saturated carbocycles. The van der Waals surface area contributed by atoms with Crippen molar-refractivity contribution in [2.45, 2.75) is 6.42 Å². The monoisotopic (exact) mass is 311 g/mol. The van der Waals surface area contributed by atoms with Gasteiger partial charge in [-0.2, -0.15) is 0 Å². The van der Waals surface area contributed by atoms with E-state index in [0.29, 0.717) is 16.8 Å². The molecular weight excluding hydrogens is 302 g/mol. The molecule has 2 heterocycles. The van der Waals surface area contributed by atoms with Crippen molar-refractivity contribution in [3.63, 3.8) is 0 Å². The maximum atomic E-state index is 10.5. The van der Waals surface area contributed by atoms with E-state index in [0.717, 1.165) is 12.1 Å². The third-order valence-corrected chi connectivity index (χ3v) is 2.88. The van der Waals surface area contributed by atoms with Crippen LogP contribution < -0.4 is 5.32 Å². The molecule has 0 fully saturated rings. The first-order valence-corrected chi connectivity index (χ1v) is 5.97. The SMILES string of the molecule is O=[N+]([O-])c1cnc(NCCc2cnc[nH]2)c(Br)c1. The van der Waals surface area contributed by atoms with Gasteiger partial charge in [-0.3, -0.25) is 10.1 Å². The van der Waals surface area contributed by atoms with E-state index in [1.807, 2.05) is 0 Å². The summed E-state index contributed by atoms with van der Waals surface area (Å²) < 4.78 is 0.571. The molecule has 2 aromatic rings. The number of hydrogen-bond acceptors (Lipinski definition) is 5. The number of nitrogens with one attached hydrogen (secondary N) is 2. The van der Waals surface area contributed by atoms with Gasteiger partial charge < -0.3 is 10.3 Å². The molecule has 0 atom stereocenters. The van der Waals surface area contributed by atoms with E-state index < -0.39 is 4.92 Å². The first-order chi connectivity index (χ1) is 8.66. The highest BCUT2D eigenvalue weighted by Crippen LogP contribution is 2.24. The van der Waals surface area contributed by atoms with Crippen LogP contribution in [0.15, 0.2) is 29.3 Å². The molecule has 0 aromatic carbocycles. The van der Waals surface area contributed by atoms with E-state index in [1.165, 1.54) is 12.3 Å². The van der Waals surface area contributed by atoms with Crippen LogP contribution in [0.2, 0.25) is 0 Å². The zero-order chi connectivity index (χ0) is 13.0. The number of nitro groups is 1. The lowest BCUT2D eigenvalue weighted by molar-refractivity contribution is -0.385.